The van der Waals surface area contributed by atoms with Crippen molar-refractivity contribution >= 4 is 27.1 Å². The maximum atomic E-state index is 6.44. The molecule has 1 aliphatic rings. The molecule has 180 valence electrons. The number of allylic oxidation sites excluding steroid dienone is 4. The first-order valence-corrected chi connectivity index (χ1v) is 13.1. The number of fused-ring (bicyclic) bond motifs is 1. The molecule has 0 spiro atoms. The second-order valence-corrected chi connectivity index (χ2v) is 9.60. The molecule has 0 atom stereocenters. The molecule has 5 rings (SSSR count). The molecule has 0 aliphatic heterocycles. The van der Waals surface area contributed by atoms with Gasteiger partial charge in [0.05, 0.1) is 5.39 Å². The quantitative estimate of drug-likeness (QED) is 0.282. The van der Waals surface area contributed by atoms with Gasteiger partial charge in [0.15, 0.2) is 5.82 Å². The maximum Gasteiger partial charge on any atom is 0.226 e. The Morgan fingerprint density at radius 2 is 1.94 bits per heavy atom. The van der Waals surface area contributed by atoms with Crippen molar-refractivity contribution in [2.75, 3.05) is 26.2 Å². The minimum Gasteiger partial charge on any atom is -0.476 e. The summed E-state index contributed by atoms with van der Waals surface area (Å²) < 4.78 is 8.39. The van der Waals surface area contributed by atoms with E-state index in [2.05, 4.69) is 72.3 Å². The van der Waals surface area contributed by atoms with Crippen LogP contribution in [-0.4, -0.2) is 50.7 Å². The fourth-order valence-corrected chi connectivity index (χ4v) is 5.68. The van der Waals surface area contributed by atoms with Gasteiger partial charge in [-0.15, -0.1) is 11.3 Å². The summed E-state index contributed by atoms with van der Waals surface area (Å²) in [5, 5.41) is 1.01. The van der Waals surface area contributed by atoms with Crippen molar-refractivity contribution in [3.63, 3.8) is 0 Å². The summed E-state index contributed by atoms with van der Waals surface area (Å²) in [6.45, 7) is 7.78. The van der Waals surface area contributed by atoms with E-state index >= 15 is 0 Å². The number of imidazole rings is 1. The molecule has 4 aromatic rings. The molecule has 0 N–H and O–H groups in total. The first kappa shape index (κ1) is 23.5. The Hall–Kier alpha value is -3.29. The molecule has 3 aromatic heterocycles. The summed E-state index contributed by atoms with van der Waals surface area (Å²) in [5.74, 6) is 1.97. The first-order valence-electron chi connectivity index (χ1n) is 12.3. The Kier molecular flexibility index (Phi) is 7.06. The third-order valence-electron chi connectivity index (χ3n) is 6.45. The molecule has 0 amide bonds. The molecule has 3 heterocycles. The van der Waals surface area contributed by atoms with Gasteiger partial charge in [0.25, 0.3) is 0 Å². The van der Waals surface area contributed by atoms with Gasteiger partial charge in [0.2, 0.25) is 11.7 Å². The minimum atomic E-state index is 0.572. The van der Waals surface area contributed by atoms with E-state index in [0.717, 1.165) is 48.5 Å². The molecule has 0 fully saturated rings. The topological polar surface area (TPSA) is 56.1 Å². The van der Waals surface area contributed by atoms with Gasteiger partial charge in [-0.05, 0) is 37.1 Å². The summed E-state index contributed by atoms with van der Waals surface area (Å²) in [6, 6.07) is 10.6. The standard InChI is InChI=1S/C28H31N5OS/c1-4-33(5-2)18-19-34-27-23-22(20-12-8-6-9-13-20)24(21-14-10-7-11-15-21)35-28(23)31-25(30-27)26-29-16-17-32(26)3/h6-8,10-12,14-17H,4-5,9,13,18-19H2,1-3H3. The monoisotopic (exact) mass is 485 g/mol. The Morgan fingerprint density at radius 3 is 2.63 bits per heavy atom. The molecule has 35 heavy (non-hydrogen) atoms. The third kappa shape index (κ3) is 4.79. The highest BCUT2D eigenvalue weighted by atomic mass is 32.1. The van der Waals surface area contributed by atoms with E-state index < -0.39 is 0 Å². The number of hydrogen-bond donors (Lipinski definition) is 0. The highest BCUT2D eigenvalue weighted by Gasteiger charge is 2.25. The van der Waals surface area contributed by atoms with E-state index in [1.807, 2.05) is 17.8 Å². The average molecular weight is 486 g/mol. The SMILES string of the molecule is CCN(CC)CCOc1nc(-c2nccn2C)nc2sc(-c3ccccc3)c(C3=CC=CCC3)c12. The molecule has 0 bridgehead atoms. The van der Waals surface area contributed by atoms with Crippen molar-refractivity contribution < 1.29 is 4.74 Å². The van der Waals surface area contributed by atoms with E-state index in [1.54, 1.807) is 17.5 Å². The van der Waals surface area contributed by atoms with Crippen LogP contribution in [0, 0.1) is 0 Å². The summed E-state index contributed by atoms with van der Waals surface area (Å²) in [6.07, 6.45) is 12.3. The van der Waals surface area contributed by atoms with Crippen molar-refractivity contribution in [2.45, 2.75) is 26.7 Å². The van der Waals surface area contributed by atoms with Crippen molar-refractivity contribution in [3.05, 3.63) is 66.5 Å². The van der Waals surface area contributed by atoms with Gasteiger partial charge in [0.1, 0.15) is 11.4 Å². The number of aryl methyl sites for hydroxylation is 1. The Bertz CT molecular complexity index is 1370. The molecule has 1 aliphatic carbocycles. The number of ether oxygens (including phenoxy) is 1. The molecule has 0 radical (unpaired) electrons. The number of rotatable bonds is 9. The summed E-state index contributed by atoms with van der Waals surface area (Å²) in [4.78, 5) is 18.9. The van der Waals surface area contributed by atoms with Gasteiger partial charge in [-0.3, -0.25) is 0 Å². The Balaban J connectivity index is 1.70. The second-order valence-electron chi connectivity index (χ2n) is 8.60. The lowest BCUT2D eigenvalue weighted by Gasteiger charge is -2.18. The van der Waals surface area contributed by atoms with Crippen LogP contribution >= 0.6 is 11.3 Å². The molecular formula is C28H31N5OS. The van der Waals surface area contributed by atoms with Crippen LogP contribution in [0.5, 0.6) is 5.88 Å². The van der Waals surface area contributed by atoms with E-state index in [4.69, 9.17) is 14.7 Å². The minimum absolute atomic E-state index is 0.572. The molecule has 6 nitrogen and oxygen atoms in total. The summed E-state index contributed by atoms with van der Waals surface area (Å²) in [7, 11) is 1.96. The van der Waals surface area contributed by atoms with Gasteiger partial charge in [-0.1, -0.05) is 62.4 Å². The van der Waals surface area contributed by atoms with Crippen LogP contribution in [0.1, 0.15) is 32.3 Å². The number of hydrogen-bond acceptors (Lipinski definition) is 6. The normalized spacial score (nSPS) is 13.5. The molecular weight excluding hydrogens is 454 g/mol. The van der Waals surface area contributed by atoms with Crippen LogP contribution in [0.4, 0.5) is 0 Å². The Morgan fingerprint density at radius 1 is 1.11 bits per heavy atom. The zero-order valence-corrected chi connectivity index (χ0v) is 21.4. The fourth-order valence-electron chi connectivity index (χ4n) is 4.48. The lowest BCUT2D eigenvalue weighted by molar-refractivity contribution is 0.219. The van der Waals surface area contributed by atoms with E-state index in [9.17, 15) is 0 Å². The molecule has 7 heteroatoms. The molecule has 0 saturated carbocycles. The number of thiophene rings is 1. The average Bonchev–Trinajstić information content (AvgIpc) is 3.51. The second kappa shape index (κ2) is 10.5. The van der Waals surface area contributed by atoms with Crippen LogP contribution in [0.3, 0.4) is 0 Å². The van der Waals surface area contributed by atoms with Crippen molar-refractivity contribution in [1.29, 1.82) is 0 Å². The van der Waals surface area contributed by atoms with Crippen LogP contribution < -0.4 is 4.74 Å². The van der Waals surface area contributed by atoms with Crippen LogP contribution in [-0.2, 0) is 7.05 Å². The van der Waals surface area contributed by atoms with Gasteiger partial charge in [-0.25, -0.2) is 9.97 Å². The van der Waals surface area contributed by atoms with Gasteiger partial charge in [-0.2, -0.15) is 4.98 Å². The van der Waals surface area contributed by atoms with Crippen LogP contribution in [0.25, 0.3) is 37.9 Å². The largest absolute Gasteiger partial charge is 0.476 e. The van der Waals surface area contributed by atoms with Crippen molar-refractivity contribution in [1.82, 2.24) is 24.4 Å². The first-order chi connectivity index (χ1) is 17.2. The predicted octanol–water partition coefficient (Wildman–Crippen LogP) is 6.21. The number of nitrogens with zero attached hydrogens (tertiary/aromatic N) is 5. The highest BCUT2D eigenvalue weighted by molar-refractivity contribution is 7.22. The molecule has 1 aromatic carbocycles. The number of benzene rings is 1. The fraction of sp³-hybridized carbons (Fsp3) is 0.321. The van der Waals surface area contributed by atoms with E-state index in [-0.39, 0.29) is 0 Å². The zero-order valence-electron chi connectivity index (χ0n) is 20.6. The molecule has 0 unspecified atom stereocenters. The van der Waals surface area contributed by atoms with Gasteiger partial charge in [0, 0.05) is 36.4 Å². The predicted molar refractivity (Wildman–Crippen MR) is 145 cm³/mol. The van der Waals surface area contributed by atoms with Crippen LogP contribution in [0.15, 0.2) is 61.0 Å². The van der Waals surface area contributed by atoms with Crippen molar-refractivity contribution in [2.24, 2.45) is 7.05 Å². The number of likely N-dealkylation sites (N-methyl/N-ethyl adjacent to an activating group) is 1. The summed E-state index contributed by atoms with van der Waals surface area (Å²) in [5.41, 5.74) is 3.69. The van der Waals surface area contributed by atoms with Gasteiger partial charge < -0.3 is 14.2 Å². The van der Waals surface area contributed by atoms with Gasteiger partial charge >= 0.3 is 0 Å². The zero-order chi connectivity index (χ0) is 24.2. The summed E-state index contributed by atoms with van der Waals surface area (Å²) >= 11 is 1.71. The highest BCUT2D eigenvalue weighted by Crippen LogP contribution is 2.46. The van der Waals surface area contributed by atoms with E-state index in [1.165, 1.54) is 21.6 Å². The number of aromatic nitrogens is 4. The van der Waals surface area contributed by atoms with Crippen molar-refractivity contribution in [3.8, 4) is 28.0 Å². The third-order valence-corrected chi connectivity index (χ3v) is 7.58. The Labute approximate surface area is 210 Å². The lowest BCUT2D eigenvalue weighted by atomic mass is 9.94. The van der Waals surface area contributed by atoms with Crippen LogP contribution in [0.2, 0.25) is 0 Å². The van der Waals surface area contributed by atoms with E-state index in [0.29, 0.717) is 18.3 Å². The smallest absolute Gasteiger partial charge is 0.226 e. The molecule has 0 saturated heterocycles. The lowest BCUT2D eigenvalue weighted by Crippen LogP contribution is -2.28. The maximum absolute atomic E-state index is 6.44.